The summed E-state index contributed by atoms with van der Waals surface area (Å²) in [4.78, 5) is 0. The third-order valence-corrected chi connectivity index (χ3v) is 8.89. The van der Waals surface area contributed by atoms with Gasteiger partial charge in [0.1, 0.15) is 0 Å². The summed E-state index contributed by atoms with van der Waals surface area (Å²) >= 11 is 0. The Hall–Kier alpha value is -0.260. The highest BCUT2D eigenvalue weighted by Crippen LogP contribution is 2.66. The van der Waals surface area contributed by atoms with Gasteiger partial charge >= 0.3 is 0 Å². The molecule has 0 saturated heterocycles. The normalized spacial score (nSPS) is 62.4. The monoisotopic (exact) mass is 268 g/mol. The first kappa shape index (κ1) is 11.3. The molecule has 0 bridgehead atoms. The van der Waals surface area contributed by atoms with Crippen LogP contribution in [0.4, 0.5) is 0 Å². The van der Waals surface area contributed by atoms with Crippen molar-refractivity contribution in [3.05, 3.63) is 11.1 Å². The van der Waals surface area contributed by atoms with Crippen LogP contribution in [0, 0.1) is 47.3 Å². The third-order valence-electron chi connectivity index (χ3n) is 8.89. The molecule has 0 unspecified atom stereocenters. The summed E-state index contributed by atoms with van der Waals surface area (Å²) in [6.07, 6.45) is 15.8. The van der Waals surface area contributed by atoms with Gasteiger partial charge in [0, 0.05) is 0 Å². The Balaban J connectivity index is 1.42. The average Bonchev–Trinajstić information content (AvgIpc) is 3.18. The fraction of sp³-hybridized carbons (Fsp3) is 0.900. The molecule has 6 rings (SSSR count). The number of allylic oxidation sites excluding steroid dienone is 2. The predicted molar refractivity (Wildman–Crippen MR) is 81.1 cm³/mol. The number of rotatable bonds is 0. The SMILES string of the molecule is C1C[C@@H]2C/C(=C3/C[C@@H]4CC[C@@H]5CC[C@@H]3[C@H]54)[C@@H]3CC[C@@H]1[C@H]23. The van der Waals surface area contributed by atoms with E-state index in [1.54, 1.807) is 64.2 Å². The second-order valence-electron chi connectivity index (χ2n) is 9.18. The molecule has 20 heavy (non-hydrogen) atoms. The van der Waals surface area contributed by atoms with Crippen LogP contribution in [0.3, 0.4) is 0 Å². The lowest BCUT2D eigenvalue weighted by molar-refractivity contribution is 0.359. The Kier molecular flexibility index (Phi) is 2.11. The summed E-state index contributed by atoms with van der Waals surface area (Å²) in [6.45, 7) is 0. The van der Waals surface area contributed by atoms with Gasteiger partial charge in [-0.05, 0) is 112 Å². The van der Waals surface area contributed by atoms with Crippen LogP contribution in [0.5, 0.6) is 0 Å². The van der Waals surface area contributed by atoms with Gasteiger partial charge in [0.2, 0.25) is 0 Å². The van der Waals surface area contributed by atoms with E-state index in [9.17, 15) is 0 Å². The topological polar surface area (TPSA) is 0 Å². The quantitative estimate of drug-likeness (QED) is 0.530. The molecule has 108 valence electrons. The molecular weight excluding hydrogens is 240 g/mol. The first-order valence-corrected chi connectivity index (χ1v) is 9.62. The van der Waals surface area contributed by atoms with E-state index in [0.29, 0.717) is 0 Å². The first-order chi connectivity index (χ1) is 9.90. The molecule has 0 heterocycles. The molecular formula is C20H28. The molecule has 0 aromatic heterocycles. The van der Waals surface area contributed by atoms with Crippen molar-refractivity contribution in [3.63, 3.8) is 0 Å². The van der Waals surface area contributed by atoms with Crippen molar-refractivity contribution in [2.45, 2.75) is 64.2 Å². The molecule has 6 saturated carbocycles. The Morgan fingerprint density at radius 1 is 0.450 bits per heavy atom. The van der Waals surface area contributed by atoms with Gasteiger partial charge in [0.05, 0.1) is 0 Å². The zero-order valence-corrected chi connectivity index (χ0v) is 12.7. The van der Waals surface area contributed by atoms with Crippen LogP contribution in [0.25, 0.3) is 0 Å². The molecule has 0 aliphatic heterocycles. The van der Waals surface area contributed by atoms with Gasteiger partial charge in [0.25, 0.3) is 0 Å². The minimum atomic E-state index is 1.08. The molecule has 0 N–H and O–H groups in total. The largest absolute Gasteiger partial charge is 0.0670 e. The molecule has 6 aliphatic rings. The van der Waals surface area contributed by atoms with Crippen LogP contribution in [0.1, 0.15) is 64.2 Å². The maximum atomic E-state index is 2.07. The molecule has 0 spiro atoms. The zero-order chi connectivity index (χ0) is 12.8. The van der Waals surface area contributed by atoms with Crippen LogP contribution in [0.2, 0.25) is 0 Å². The van der Waals surface area contributed by atoms with Crippen molar-refractivity contribution in [2.24, 2.45) is 47.3 Å². The van der Waals surface area contributed by atoms with Gasteiger partial charge in [0.15, 0.2) is 0 Å². The molecule has 0 heteroatoms. The van der Waals surface area contributed by atoms with Crippen LogP contribution in [0.15, 0.2) is 11.1 Å². The van der Waals surface area contributed by atoms with E-state index in [0.717, 1.165) is 47.3 Å². The first-order valence-electron chi connectivity index (χ1n) is 9.62. The Morgan fingerprint density at radius 3 is 1.35 bits per heavy atom. The Bertz CT molecular complexity index is 442. The van der Waals surface area contributed by atoms with Gasteiger partial charge in [-0.2, -0.15) is 0 Å². The minimum absolute atomic E-state index is 1.08. The number of hydrogen-bond acceptors (Lipinski definition) is 0. The van der Waals surface area contributed by atoms with E-state index in [-0.39, 0.29) is 0 Å². The maximum Gasteiger partial charge on any atom is -0.0166 e. The van der Waals surface area contributed by atoms with Crippen molar-refractivity contribution >= 4 is 0 Å². The lowest BCUT2D eigenvalue weighted by Gasteiger charge is -2.19. The second-order valence-corrected chi connectivity index (χ2v) is 9.18. The van der Waals surface area contributed by atoms with E-state index in [1.165, 1.54) is 0 Å². The van der Waals surface area contributed by atoms with Gasteiger partial charge in [-0.15, -0.1) is 0 Å². The standard InChI is InChI=1S/C20H28/c1-3-13-9-17(15-7-5-11(1)19(13)15)18-10-14-4-2-12-6-8-16(18)20(12)14/h11-16,19-20H,1-10H2/b18-17+/t11-,12-,13-,14+,15+,16+,19-,20-/m1/s1. The van der Waals surface area contributed by atoms with Crippen molar-refractivity contribution in [2.75, 3.05) is 0 Å². The van der Waals surface area contributed by atoms with Crippen molar-refractivity contribution in [1.82, 2.24) is 0 Å². The molecule has 6 aliphatic carbocycles. The van der Waals surface area contributed by atoms with Crippen LogP contribution in [-0.4, -0.2) is 0 Å². The smallest absolute Gasteiger partial charge is 0.0166 e. The van der Waals surface area contributed by atoms with E-state index >= 15 is 0 Å². The predicted octanol–water partition coefficient (Wildman–Crippen LogP) is 5.20. The van der Waals surface area contributed by atoms with Crippen LogP contribution in [-0.2, 0) is 0 Å². The second kappa shape index (κ2) is 3.73. The summed E-state index contributed by atoms with van der Waals surface area (Å²) in [5.41, 5.74) is 4.14. The fourth-order valence-corrected chi connectivity index (χ4v) is 8.45. The van der Waals surface area contributed by atoms with Crippen LogP contribution >= 0.6 is 0 Å². The minimum Gasteiger partial charge on any atom is -0.0670 e. The summed E-state index contributed by atoms with van der Waals surface area (Å²) in [5, 5.41) is 0. The Morgan fingerprint density at radius 2 is 0.850 bits per heavy atom. The average molecular weight is 268 g/mol. The van der Waals surface area contributed by atoms with Crippen LogP contribution < -0.4 is 0 Å². The van der Waals surface area contributed by atoms with Gasteiger partial charge in [-0.3, -0.25) is 0 Å². The zero-order valence-electron chi connectivity index (χ0n) is 12.7. The molecule has 6 fully saturated rings. The molecule has 0 aromatic rings. The van der Waals surface area contributed by atoms with Gasteiger partial charge in [-0.25, -0.2) is 0 Å². The fourth-order valence-electron chi connectivity index (χ4n) is 8.45. The number of hydrogen-bond donors (Lipinski definition) is 0. The van der Waals surface area contributed by atoms with E-state index in [4.69, 9.17) is 0 Å². The summed E-state index contributed by atoms with van der Waals surface area (Å²) in [7, 11) is 0. The molecule has 0 amide bonds. The van der Waals surface area contributed by atoms with E-state index in [1.807, 2.05) is 0 Å². The third kappa shape index (κ3) is 1.22. The van der Waals surface area contributed by atoms with E-state index in [2.05, 4.69) is 11.1 Å². The summed E-state index contributed by atoms with van der Waals surface area (Å²) in [6, 6.07) is 0. The van der Waals surface area contributed by atoms with Gasteiger partial charge < -0.3 is 0 Å². The van der Waals surface area contributed by atoms with Crippen molar-refractivity contribution in [1.29, 1.82) is 0 Å². The summed E-state index contributed by atoms with van der Waals surface area (Å²) in [5.74, 6) is 9.06. The van der Waals surface area contributed by atoms with Gasteiger partial charge in [-0.1, -0.05) is 11.1 Å². The van der Waals surface area contributed by atoms with Crippen molar-refractivity contribution in [3.8, 4) is 0 Å². The molecule has 0 nitrogen and oxygen atoms in total. The maximum absolute atomic E-state index is 2.07. The molecule has 0 radical (unpaired) electrons. The summed E-state index contributed by atoms with van der Waals surface area (Å²) < 4.78 is 0. The highest BCUT2D eigenvalue weighted by atomic mass is 14.6. The Labute approximate surface area is 123 Å². The lowest BCUT2D eigenvalue weighted by Crippen LogP contribution is -2.11. The van der Waals surface area contributed by atoms with E-state index < -0.39 is 0 Å². The molecule has 0 aromatic carbocycles. The lowest BCUT2D eigenvalue weighted by atomic mass is 9.86. The highest BCUT2D eigenvalue weighted by Gasteiger charge is 2.56. The van der Waals surface area contributed by atoms with Crippen molar-refractivity contribution < 1.29 is 0 Å². The highest BCUT2D eigenvalue weighted by molar-refractivity contribution is 5.33. The molecule has 8 atom stereocenters.